The van der Waals surface area contributed by atoms with Crippen LogP contribution in [-0.4, -0.2) is 15.0 Å². The normalized spacial score (nSPS) is 11.2. The molecule has 17 heavy (non-hydrogen) atoms. The van der Waals surface area contributed by atoms with Crippen LogP contribution in [0.5, 0.6) is 0 Å². The van der Waals surface area contributed by atoms with Crippen LogP contribution in [0.25, 0.3) is 22.6 Å². The molecule has 86 valence electrons. The number of H-pyrrole nitrogens is 1. The van der Waals surface area contributed by atoms with Gasteiger partial charge >= 0.3 is 0 Å². The molecule has 0 fully saturated rings. The van der Waals surface area contributed by atoms with Crippen molar-refractivity contribution in [2.75, 3.05) is 5.73 Å². The highest BCUT2D eigenvalue weighted by molar-refractivity contribution is 5.91. The summed E-state index contributed by atoms with van der Waals surface area (Å²) in [7, 11) is 0. The molecule has 3 aromatic rings. The fraction of sp³-hybridized carbons (Fsp3) is 0.167. The van der Waals surface area contributed by atoms with Crippen molar-refractivity contribution in [1.82, 2.24) is 15.0 Å². The molecule has 0 aromatic carbocycles. The van der Waals surface area contributed by atoms with E-state index in [1.165, 1.54) is 0 Å². The SMILES string of the molecule is Cc1[nH]c2nc(-c3ccco3)nc(N)c2c1C. The number of rotatable bonds is 1. The van der Waals surface area contributed by atoms with E-state index in [1.54, 1.807) is 12.3 Å². The number of fused-ring (bicyclic) bond motifs is 1. The number of nitrogen functional groups attached to an aromatic ring is 1. The molecule has 0 spiro atoms. The maximum atomic E-state index is 5.96. The highest BCUT2D eigenvalue weighted by Gasteiger charge is 2.13. The van der Waals surface area contributed by atoms with Crippen molar-refractivity contribution in [2.24, 2.45) is 0 Å². The van der Waals surface area contributed by atoms with Gasteiger partial charge in [0.25, 0.3) is 0 Å². The van der Waals surface area contributed by atoms with Crippen LogP contribution in [0.3, 0.4) is 0 Å². The number of aromatic nitrogens is 3. The smallest absolute Gasteiger partial charge is 0.199 e. The largest absolute Gasteiger partial charge is 0.461 e. The van der Waals surface area contributed by atoms with Gasteiger partial charge in [-0.3, -0.25) is 0 Å². The van der Waals surface area contributed by atoms with E-state index in [4.69, 9.17) is 10.2 Å². The number of hydrogen-bond acceptors (Lipinski definition) is 4. The number of furan rings is 1. The first-order chi connectivity index (χ1) is 8.16. The first-order valence-corrected chi connectivity index (χ1v) is 5.33. The Morgan fingerprint density at radius 2 is 2.12 bits per heavy atom. The van der Waals surface area contributed by atoms with Gasteiger partial charge in [-0.25, -0.2) is 9.97 Å². The number of aromatic amines is 1. The van der Waals surface area contributed by atoms with Crippen molar-refractivity contribution in [2.45, 2.75) is 13.8 Å². The minimum absolute atomic E-state index is 0.475. The predicted molar refractivity (Wildman–Crippen MR) is 65.5 cm³/mol. The summed E-state index contributed by atoms with van der Waals surface area (Å²) in [5.74, 6) is 1.59. The van der Waals surface area contributed by atoms with Gasteiger partial charge in [0.1, 0.15) is 11.5 Å². The zero-order valence-corrected chi connectivity index (χ0v) is 9.61. The number of nitrogens with one attached hydrogen (secondary N) is 1. The van der Waals surface area contributed by atoms with Gasteiger partial charge in [0.2, 0.25) is 0 Å². The molecular formula is C12H12N4O. The molecule has 3 heterocycles. The average molecular weight is 228 g/mol. The fourth-order valence-electron chi connectivity index (χ4n) is 1.91. The monoisotopic (exact) mass is 228 g/mol. The lowest BCUT2D eigenvalue weighted by molar-refractivity contribution is 0.577. The Balaban J connectivity index is 2.32. The fourth-order valence-corrected chi connectivity index (χ4v) is 1.91. The second kappa shape index (κ2) is 3.35. The number of anilines is 1. The molecule has 0 unspecified atom stereocenters. The zero-order chi connectivity index (χ0) is 12.0. The Hall–Kier alpha value is -2.30. The number of nitrogens with zero attached hydrogens (tertiary/aromatic N) is 2. The van der Waals surface area contributed by atoms with Crippen molar-refractivity contribution in [3.63, 3.8) is 0 Å². The third-order valence-corrected chi connectivity index (χ3v) is 2.92. The van der Waals surface area contributed by atoms with Crippen LogP contribution in [0.15, 0.2) is 22.8 Å². The molecule has 5 heteroatoms. The molecule has 5 nitrogen and oxygen atoms in total. The summed E-state index contributed by atoms with van der Waals surface area (Å²) in [6.07, 6.45) is 1.59. The van der Waals surface area contributed by atoms with Crippen LogP contribution in [0.4, 0.5) is 5.82 Å². The molecular weight excluding hydrogens is 216 g/mol. The summed E-state index contributed by atoms with van der Waals surface area (Å²) in [5, 5.41) is 0.887. The minimum Gasteiger partial charge on any atom is -0.461 e. The molecule has 3 rings (SSSR count). The van der Waals surface area contributed by atoms with Crippen LogP contribution >= 0.6 is 0 Å². The summed E-state index contributed by atoms with van der Waals surface area (Å²) >= 11 is 0. The summed E-state index contributed by atoms with van der Waals surface area (Å²) in [4.78, 5) is 11.9. The molecule has 0 amide bonds. The molecule has 0 aliphatic rings. The van der Waals surface area contributed by atoms with Crippen LogP contribution in [0.2, 0.25) is 0 Å². The number of hydrogen-bond donors (Lipinski definition) is 2. The van der Waals surface area contributed by atoms with Crippen LogP contribution in [0.1, 0.15) is 11.3 Å². The molecule has 0 radical (unpaired) electrons. The van der Waals surface area contributed by atoms with Crippen molar-refractivity contribution in [3.05, 3.63) is 29.7 Å². The predicted octanol–water partition coefficient (Wildman–Crippen LogP) is 2.42. The molecule has 3 aromatic heterocycles. The second-order valence-electron chi connectivity index (χ2n) is 4.01. The standard InChI is InChI=1S/C12H12N4O/c1-6-7(2)14-12-9(6)10(13)15-11(16-12)8-4-3-5-17-8/h3-5H,1-2H3,(H3,13,14,15,16). The molecule has 0 aliphatic heterocycles. The van der Waals surface area contributed by atoms with Gasteiger partial charge in [0.15, 0.2) is 11.6 Å². The third-order valence-electron chi connectivity index (χ3n) is 2.92. The molecule has 0 aliphatic carbocycles. The molecule has 0 saturated heterocycles. The van der Waals surface area contributed by atoms with Gasteiger partial charge in [-0.05, 0) is 31.5 Å². The lowest BCUT2D eigenvalue weighted by atomic mass is 10.2. The molecule has 0 bridgehead atoms. The van der Waals surface area contributed by atoms with E-state index >= 15 is 0 Å². The maximum absolute atomic E-state index is 5.96. The third kappa shape index (κ3) is 1.39. The van der Waals surface area contributed by atoms with Crippen LogP contribution < -0.4 is 5.73 Å². The summed E-state index contributed by atoms with van der Waals surface area (Å²) < 4.78 is 5.27. The van der Waals surface area contributed by atoms with Gasteiger partial charge < -0.3 is 15.1 Å². The van der Waals surface area contributed by atoms with E-state index in [0.29, 0.717) is 17.4 Å². The molecule has 0 saturated carbocycles. The van der Waals surface area contributed by atoms with Crippen molar-refractivity contribution in [3.8, 4) is 11.6 Å². The lowest BCUT2D eigenvalue weighted by Gasteiger charge is -2.00. The number of nitrogens with two attached hydrogens (primary N) is 1. The second-order valence-corrected chi connectivity index (χ2v) is 4.01. The van der Waals surface area contributed by atoms with Gasteiger partial charge in [0.05, 0.1) is 11.6 Å². The van der Waals surface area contributed by atoms with E-state index in [-0.39, 0.29) is 0 Å². The number of aryl methyl sites for hydroxylation is 2. The van der Waals surface area contributed by atoms with Gasteiger partial charge in [-0.1, -0.05) is 0 Å². The van der Waals surface area contributed by atoms with E-state index < -0.39 is 0 Å². The zero-order valence-electron chi connectivity index (χ0n) is 9.61. The lowest BCUT2D eigenvalue weighted by Crippen LogP contribution is -1.96. The summed E-state index contributed by atoms with van der Waals surface area (Å²) in [6.45, 7) is 3.99. The maximum Gasteiger partial charge on any atom is 0.199 e. The topological polar surface area (TPSA) is 80.7 Å². The van der Waals surface area contributed by atoms with Gasteiger partial charge in [0, 0.05) is 5.69 Å². The van der Waals surface area contributed by atoms with Crippen molar-refractivity contribution >= 4 is 16.9 Å². The van der Waals surface area contributed by atoms with Crippen molar-refractivity contribution in [1.29, 1.82) is 0 Å². The first kappa shape index (κ1) is 9.89. The van der Waals surface area contributed by atoms with E-state index in [0.717, 1.165) is 22.3 Å². The Morgan fingerprint density at radius 1 is 1.29 bits per heavy atom. The Morgan fingerprint density at radius 3 is 2.82 bits per heavy atom. The Bertz CT molecular complexity index is 682. The van der Waals surface area contributed by atoms with Crippen molar-refractivity contribution < 1.29 is 4.42 Å². The highest BCUT2D eigenvalue weighted by atomic mass is 16.3. The minimum atomic E-state index is 0.475. The Kier molecular flexibility index (Phi) is 1.95. The quantitative estimate of drug-likeness (QED) is 0.670. The molecule has 3 N–H and O–H groups in total. The average Bonchev–Trinajstić information content (AvgIpc) is 2.88. The van der Waals surface area contributed by atoms with E-state index in [2.05, 4.69) is 15.0 Å². The van der Waals surface area contributed by atoms with Gasteiger partial charge in [-0.15, -0.1) is 0 Å². The first-order valence-electron chi connectivity index (χ1n) is 5.33. The Labute approximate surface area is 97.7 Å². The van der Waals surface area contributed by atoms with E-state index in [9.17, 15) is 0 Å². The van der Waals surface area contributed by atoms with Gasteiger partial charge in [-0.2, -0.15) is 0 Å². The summed E-state index contributed by atoms with van der Waals surface area (Å²) in [6, 6.07) is 3.60. The summed E-state index contributed by atoms with van der Waals surface area (Å²) in [5.41, 5.74) is 8.85. The van der Waals surface area contributed by atoms with Crippen LogP contribution in [0, 0.1) is 13.8 Å². The van der Waals surface area contributed by atoms with Crippen LogP contribution in [-0.2, 0) is 0 Å². The highest BCUT2D eigenvalue weighted by Crippen LogP contribution is 2.27. The van der Waals surface area contributed by atoms with E-state index in [1.807, 2.05) is 19.9 Å². The molecule has 0 atom stereocenters.